The quantitative estimate of drug-likeness (QED) is 0.882. The van der Waals surface area contributed by atoms with Gasteiger partial charge in [-0.15, -0.1) is 0 Å². The van der Waals surface area contributed by atoms with Crippen molar-refractivity contribution in [3.8, 4) is 0 Å². The molecule has 1 fully saturated rings. The van der Waals surface area contributed by atoms with E-state index in [0.29, 0.717) is 5.25 Å². The van der Waals surface area contributed by atoms with Gasteiger partial charge in [0.2, 0.25) is 5.91 Å². The topological polar surface area (TPSA) is 55.1 Å². The van der Waals surface area contributed by atoms with Crippen molar-refractivity contribution in [3.63, 3.8) is 0 Å². The van der Waals surface area contributed by atoms with E-state index < -0.39 is 6.04 Å². The molecule has 0 aliphatic carbocycles. The zero-order valence-corrected chi connectivity index (χ0v) is 11.8. The third kappa shape index (κ3) is 3.93. The van der Waals surface area contributed by atoms with Gasteiger partial charge in [-0.3, -0.25) is 4.79 Å². The molecule has 5 heteroatoms. The molecule has 0 radical (unpaired) electrons. The number of benzene rings is 1. The van der Waals surface area contributed by atoms with Gasteiger partial charge in [0, 0.05) is 29.1 Å². The van der Waals surface area contributed by atoms with E-state index in [-0.39, 0.29) is 5.91 Å². The van der Waals surface area contributed by atoms with E-state index in [1.165, 1.54) is 11.5 Å². The van der Waals surface area contributed by atoms with E-state index in [1.807, 2.05) is 53.9 Å². The number of hydrogen-bond acceptors (Lipinski definition) is 4. The summed E-state index contributed by atoms with van der Waals surface area (Å²) in [5.74, 6) is 3.43. The summed E-state index contributed by atoms with van der Waals surface area (Å²) < 4.78 is 0. The van der Waals surface area contributed by atoms with Gasteiger partial charge in [-0.1, -0.05) is 30.3 Å². The third-order valence-corrected chi connectivity index (χ3v) is 5.67. The molecule has 1 unspecified atom stereocenters. The highest BCUT2D eigenvalue weighted by molar-refractivity contribution is 8.06. The molecule has 1 aliphatic heterocycles. The van der Waals surface area contributed by atoms with Crippen LogP contribution in [0, 0.1) is 0 Å². The van der Waals surface area contributed by atoms with E-state index in [4.69, 9.17) is 5.73 Å². The molecule has 3 N–H and O–H groups in total. The number of thioether (sulfide) groups is 2. The van der Waals surface area contributed by atoms with Crippen LogP contribution >= 0.6 is 23.5 Å². The van der Waals surface area contributed by atoms with Gasteiger partial charge in [0.15, 0.2) is 0 Å². The van der Waals surface area contributed by atoms with Gasteiger partial charge in [-0.2, -0.15) is 23.5 Å². The van der Waals surface area contributed by atoms with E-state index in [2.05, 4.69) is 5.32 Å². The summed E-state index contributed by atoms with van der Waals surface area (Å²) in [6.07, 6.45) is 0. The van der Waals surface area contributed by atoms with Crippen molar-refractivity contribution in [2.75, 3.05) is 23.8 Å². The Labute approximate surface area is 116 Å². The summed E-state index contributed by atoms with van der Waals surface area (Å²) in [6.45, 7) is 0.719. The van der Waals surface area contributed by atoms with Gasteiger partial charge in [0.25, 0.3) is 0 Å². The van der Waals surface area contributed by atoms with Gasteiger partial charge in [0.1, 0.15) is 6.04 Å². The Bertz CT molecular complexity index is 380. The van der Waals surface area contributed by atoms with Crippen molar-refractivity contribution >= 4 is 29.4 Å². The molecule has 1 aromatic rings. The number of nitrogens with one attached hydrogen (secondary N) is 1. The smallest absolute Gasteiger partial charge is 0.241 e. The molecular formula is C13H18N2OS2. The van der Waals surface area contributed by atoms with Crippen LogP contribution in [0.5, 0.6) is 0 Å². The summed E-state index contributed by atoms with van der Waals surface area (Å²) in [5, 5.41) is 3.48. The first-order valence-corrected chi connectivity index (χ1v) is 8.25. The number of nitrogens with two attached hydrogens (primary N) is 1. The Kier molecular flexibility index (Phi) is 5.41. The number of hydrogen-bond donors (Lipinski definition) is 2. The van der Waals surface area contributed by atoms with Crippen molar-refractivity contribution in [1.29, 1.82) is 0 Å². The highest BCUT2D eigenvalue weighted by Crippen LogP contribution is 2.23. The van der Waals surface area contributed by atoms with Crippen LogP contribution in [0.1, 0.15) is 11.6 Å². The molecule has 0 aromatic heterocycles. The second-order valence-corrected chi connectivity index (χ2v) is 6.76. The fourth-order valence-electron chi connectivity index (χ4n) is 1.79. The standard InChI is InChI=1S/C13H18N2OS2/c14-12(10-4-2-1-3-5-10)13(16)15-8-11-9-17-6-7-18-11/h1-5,11-12H,6-9,14H2,(H,15,16)/t11?,12-/m0/s1. The fourth-order valence-corrected chi connectivity index (χ4v) is 4.40. The number of carbonyl (C=O) groups is 1. The molecule has 0 bridgehead atoms. The average Bonchev–Trinajstić information content (AvgIpc) is 2.46. The SMILES string of the molecule is N[C@H](C(=O)NCC1CSCCS1)c1ccccc1. The molecular weight excluding hydrogens is 264 g/mol. The first-order valence-electron chi connectivity index (χ1n) is 6.05. The summed E-state index contributed by atoms with van der Waals surface area (Å²) in [5.41, 5.74) is 6.79. The van der Waals surface area contributed by atoms with E-state index in [9.17, 15) is 4.79 Å². The lowest BCUT2D eigenvalue weighted by Gasteiger charge is -2.22. The Hall–Kier alpha value is -0.650. The van der Waals surface area contributed by atoms with Crippen LogP contribution < -0.4 is 11.1 Å². The van der Waals surface area contributed by atoms with Gasteiger partial charge < -0.3 is 11.1 Å². The van der Waals surface area contributed by atoms with Gasteiger partial charge >= 0.3 is 0 Å². The maximum Gasteiger partial charge on any atom is 0.241 e. The predicted octanol–water partition coefficient (Wildman–Crippen LogP) is 1.65. The minimum Gasteiger partial charge on any atom is -0.353 e. The fraction of sp³-hybridized carbons (Fsp3) is 0.462. The van der Waals surface area contributed by atoms with Crippen molar-refractivity contribution in [2.24, 2.45) is 5.73 Å². The molecule has 0 spiro atoms. The van der Waals surface area contributed by atoms with Gasteiger partial charge in [0.05, 0.1) is 0 Å². The minimum atomic E-state index is -0.563. The van der Waals surface area contributed by atoms with Crippen LogP contribution in [0.25, 0.3) is 0 Å². The first kappa shape index (κ1) is 13.8. The molecule has 0 saturated carbocycles. The zero-order chi connectivity index (χ0) is 12.8. The molecule has 1 heterocycles. The molecule has 2 rings (SSSR count). The predicted molar refractivity (Wildman–Crippen MR) is 80.0 cm³/mol. The third-order valence-electron chi connectivity index (χ3n) is 2.83. The molecule has 18 heavy (non-hydrogen) atoms. The van der Waals surface area contributed by atoms with E-state index in [1.54, 1.807) is 0 Å². The maximum absolute atomic E-state index is 11.9. The molecule has 1 saturated heterocycles. The van der Waals surface area contributed by atoms with Crippen molar-refractivity contribution in [3.05, 3.63) is 35.9 Å². The maximum atomic E-state index is 11.9. The van der Waals surface area contributed by atoms with Crippen molar-refractivity contribution in [1.82, 2.24) is 5.32 Å². The Morgan fingerprint density at radius 3 is 2.83 bits per heavy atom. The van der Waals surface area contributed by atoms with Crippen LogP contribution in [-0.2, 0) is 4.79 Å². The second kappa shape index (κ2) is 7.07. The highest BCUT2D eigenvalue weighted by atomic mass is 32.2. The first-order chi connectivity index (χ1) is 8.77. The highest BCUT2D eigenvalue weighted by Gasteiger charge is 2.18. The molecule has 1 aliphatic rings. The Morgan fingerprint density at radius 2 is 2.17 bits per heavy atom. The zero-order valence-electron chi connectivity index (χ0n) is 10.2. The summed E-state index contributed by atoms with van der Waals surface area (Å²) in [6, 6.07) is 8.92. The van der Waals surface area contributed by atoms with Crippen LogP contribution in [0.3, 0.4) is 0 Å². The normalized spacial score (nSPS) is 21.3. The lowest BCUT2D eigenvalue weighted by molar-refractivity contribution is -0.122. The minimum absolute atomic E-state index is 0.0858. The largest absolute Gasteiger partial charge is 0.353 e. The second-order valence-electron chi connectivity index (χ2n) is 4.20. The monoisotopic (exact) mass is 282 g/mol. The average molecular weight is 282 g/mol. The van der Waals surface area contributed by atoms with Crippen LogP contribution in [0.2, 0.25) is 0 Å². The molecule has 2 atom stereocenters. The Balaban J connectivity index is 1.80. The summed E-state index contributed by atoms with van der Waals surface area (Å²) in [4.78, 5) is 11.9. The summed E-state index contributed by atoms with van der Waals surface area (Å²) >= 11 is 3.89. The van der Waals surface area contributed by atoms with Crippen LogP contribution in [0.4, 0.5) is 0 Å². The lowest BCUT2D eigenvalue weighted by Crippen LogP contribution is -2.39. The van der Waals surface area contributed by atoms with Crippen molar-refractivity contribution < 1.29 is 4.79 Å². The van der Waals surface area contributed by atoms with Crippen LogP contribution in [0.15, 0.2) is 30.3 Å². The van der Waals surface area contributed by atoms with E-state index in [0.717, 1.165) is 17.9 Å². The molecule has 98 valence electrons. The van der Waals surface area contributed by atoms with E-state index >= 15 is 0 Å². The van der Waals surface area contributed by atoms with Gasteiger partial charge in [-0.25, -0.2) is 0 Å². The number of rotatable bonds is 4. The van der Waals surface area contributed by atoms with Crippen LogP contribution in [-0.4, -0.2) is 35.0 Å². The Morgan fingerprint density at radius 1 is 1.39 bits per heavy atom. The molecule has 3 nitrogen and oxygen atoms in total. The number of carbonyl (C=O) groups excluding carboxylic acids is 1. The number of amides is 1. The summed E-state index contributed by atoms with van der Waals surface area (Å²) in [7, 11) is 0. The molecule has 1 amide bonds. The molecule has 1 aromatic carbocycles. The van der Waals surface area contributed by atoms with Gasteiger partial charge in [-0.05, 0) is 5.56 Å². The van der Waals surface area contributed by atoms with Crippen molar-refractivity contribution in [2.45, 2.75) is 11.3 Å². The lowest BCUT2D eigenvalue weighted by atomic mass is 10.1.